The Balaban J connectivity index is 1.43. The molecule has 1 fully saturated rings. The number of hydrogen-bond acceptors (Lipinski definition) is 8. The molecular weight excluding hydrogens is 444 g/mol. The van der Waals surface area contributed by atoms with Crippen LogP contribution in [0.5, 0.6) is 0 Å². The zero-order valence-corrected chi connectivity index (χ0v) is 19.6. The summed E-state index contributed by atoms with van der Waals surface area (Å²) in [4.78, 5) is 29.2. The van der Waals surface area contributed by atoms with Gasteiger partial charge in [-0.05, 0) is 61.2 Å². The number of benzene rings is 1. The minimum Gasteiger partial charge on any atom is -0.395 e. The Morgan fingerprint density at radius 1 is 1.20 bits per heavy atom. The van der Waals surface area contributed by atoms with E-state index in [4.69, 9.17) is 9.97 Å². The molecule has 4 aromatic rings. The Morgan fingerprint density at radius 3 is 2.91 bits per heavy atom. The summed E-state index contributed by atoms with van der Waals surface area (Å²) in [5.74, 6) is 1.75. The molecule has 3 aromatic heterocycles. The van der Waals surface area contributed by atoms with Gasteiger partial charge >= 0.3 is 0 Å². The summed E-state index contributed by atoms with van der Waals surface area (Å²) in [7, 11) is 1.88. The molecule has 0 bridgehead atoms. The summed E-state index contributed by atoms with van der Waals surface area (Å²) in [6.45, 7) is 2.35. The quantitative estimate of drug-likeness (QED) is 0.375. The van der Waals surface area contributed by atoms with Gasteiger partial charge in [0.2, 0.25) is 5.95 Å². The van der Waals surface area contributed by atoms with Crippen molar-refractivity contribution in [2.45, 2.75) is 31.8 Å². The summed E-state index contributed by atoms with van der Waals surface area (Å²) >= 11 is 0. The largest absolute Gasteiger partial charge is 0.395 e. The third-order valence-electron chi connectivity index (χ3n) is 6.63. The van der Waals surface area contributed by atoms with Crippen molar-refractivity contribution < 1.29 is 5.11 Å². The highest BCUT2D eigenvalue weighted by Crippen LogP contribution is 2.35. The van der Waals surface area contributed by atoms with Gasteiger partial charge in [-0.15, -0.1) is 0 Å². The summed E-state index contributed by atoms with van der Waals surface area (Å²) < 4.78 is 3.57. The first kappa shape index (κ1) is 21.8. The van der Waals surface area contributed by atoms with E-state index in [1.165, 1.54) is 11.1 Å². The van der Waals surface area contributed by atoms with Gasteiger partial charge < -0.3 is 20.6 Å². The van der Waals surface area contributed by atoms with E-state index in [-0.39, 0.29) is 18.2 Å². The fourth-order valence-corrected chi connectivity index (χ4v) is 4.62. The number of pyridine rings is 1. The van der Waals surface area contributed by atoms with Crippen LogP contribution < -0.4 is 21.1 Å². The lowest BCUT2D eigenvalue weighted by Crippen LogP contribution is -2.24. The van der Waals surface area contributed by atoms with Crippen LogP contribution in [0.15, 0.2) is 47.4 Å². The van der Waals surface area contributed by atoms with Crippen molar-refractivity contribution in [2.24, 2.45) is 0 Å². The van der Waals surface area contributed by atoms with Crippen LogP contribution in [0.2, 0.25) is 0 Å². The molecule has 10 nitrogen and oxygen atoms in total. The van der Waals surface area contributed by atoms with E-state index in [1.54, 1.807) is 10.9 Å². The van der Waals surface area contributed by atoms with Gasteiger partial charge in [-0.3, -0.25) is 4.79 Å². The molecule has 0 radical (unpaired) electrons. The van der Waals surface area contributed by atoms with Crippen LogP contribution in [0, 0.1) is 0 Å². The predicted molar refractivity (Wildman–Crippen MR) is 135 cm³/mol. The first-order valence-corrected chi connectivity index (χ1v) is 12.0. The molecule has 0 amide bonds. The Hall–Kier alpha value is -3.76. The molecular formula is C25H28N8O2. The van der Waals surface area contributed by atoms with Crippen molar-refractivity contribution in [2.75, 3.05) is 37.0 Å². The van der Waals surface area contributed by atoms with Crippen molar-refractivity contribution in [3.63, 3.8) is 0 Å². The lowest BCUT2D eigenvalue weighted by molar-refractivity contribution is 0.304. The second-order valence-electron chi connectivity index (χ2n) is 9.16. The SMILES string of the molecule is CN(CCO)c1cccc(-n2c3nc(Nc4ccc5c(c4)CCNC5)ncc3c(=O)n2C2CC2)n1. The molecule has 4 heterocycles. The van der Waals surface area contributed by atoms with E-state index >= 15 is 0 Å². The predicted octanol–water partition coefficient (Wildman–Crippen LogP) is 2.13. The Bertz CT molecular complexity index is 1460. The molecule has 1 aromatic carbocycles. The van der Waals surface area contributed by atoms with Crippen molar-refractivity contribution in [3.05, 3.63) is 64.1 Å². The molecule has 35 heavy (non-hydrogen) atoms. The van der Waals surface area contributed by atoms with E-state index in [0.717, 1.165) is 38.0 Å². The normalized spacial score (nSPS) is 15.3. The smallest absolute Gasteiger partial charge is 0.278 e. The van der Waals surface area contributed by atoms with Gasteiger partial charge in [0, 0.05) is 32.0 Å². The van der Waals surface area contributed by atoms with Gasteiger partial charge in [0.1, 0.15) is 11.2 Å². The molecule has 1 aliphatic heterocycles. The highest BCUT2D eigenvalue weighted by atomic mass is 16.3. The monoisotopic (exact) mass is 472 g/mol. The van der Waals surface area contributed by atoms with Gasteiger partial charge in [0.25, 0.3) is 5.56 Å². The number of rotatable bonds is 7. The summed E-state index contributed by atoms with van der Waals surface area (Å²) in [6.07, 6.45) is 4.49. The van der Waals surface area contributed by atoms with Gasteiger partial charge in [0.15, 0.2) is 11.5 Å². The minimum absolute atomic E-state index is 0.0309. The maximum absolute atomic E-state index is 13.3. The Morgan fingerprint density at radius 2 is 2.09 bits per heavy atom. The van der Waals surface area contributed by atoms with E-state index in [0.29, 0.717) is 35.2 Å². The van der Waals surface area contributed by atoms with Gasteiger partial charge in [-0.1, -0.05) is 12.1 Å². The van der Waals surface area contributed by atoms with Gasteiger partial charge in [-0.25, -0.2) is 19.3 Å². The molecule has 10 heteroatoms. The van der Waals surface area contributed by atoms with Crippen molar-refractivity contribution in [1.82, 2.24) is 29.6 Å². The van der Waals surface area contributed by atoms with Gasteiger partial charge in [0.05, 0.1) is 12.6 Å². The van der Waals surface area contributed by atoms with Crippen molar-refractivity contribution in [3.8, 4) is 5.82 Å². The number of aliphatic hydroxyl groups excluding tert-OH is 1. The molecule has 1 aliphatic carbocycles. The Labute approximate surface area is 202 Å². The standard InChI is InChI=1S/C25H28N8O2/c1-31(11-12-34)21-3-2-4-22(29-21)33-23-20(24(35)32(33)19-7-8-19)15-27-25(30-23)28-18-6-5-17-14-26-10-9-16(17)13-18/h2-6,13,15,19,26,34H,7-12,14H2,1H3,(H,27,28,30). The molecule has 0 saturated heterocycles. The highest BCUT2D eigenvalue weighted by Gasteiger charge is 2.31. The van der Waals surface area contributed by atoms with Crippen LogP contribution in [0.25, 0.3) is 16.9 Å². The number of likely N-dealkylation sites (N-methyl/N-ethyl adjacent to an activating group) is 1. The summed E-state index contributed by atoms with van der Waals surface area (Å²) in [5.41, 5.74) is 3.97. The zero-order chi connectivity index (χ0) is 23.9. The maximum Gasteiger partial charge on any atom is 0.278 e. The molecule has 2 aliphatic rings. The fraction of sp³-hybridized carbons (Fsp3) is 0.360. The van der Waals surface area contributed by atoms with Crippen LogP contribution in [0.3, 0.4) is 0 Å². The van der Waals surface area contributed by atoms with Crippen LogP contribution in [-0.4, -0.2) is 56.2 Å². The van der Waals surface area contributed by atoms with E-state index in [9.17, 15) is 9.90 Å². The number of aliphatic hydroxyl groups is 1. The third-order valence-corrected chi connectivity index (χ3v) is 6.63. The molecule has 1 saturated carbocycles. The van der Waals surface area contributed by atoms with E-state index in [2.05, 4.69) is 27.8 Å². The van der Waals surface area contributed by atoms with E-state index < -0.39 is 0 Å². The first-order chi connectivity index (χ1) is 17.1. The zero-order valence-electron chi connectivity index (χ0n) is 19.6. The topological polar surface area (TPSA) is 113 Å². The van der Waals surface area contributed by atoms with Crippen molar-refractivity contribution >= 4 is 28.5 Å². The number of nitrogens with one attached hydrogen (secondary N) is 2. The number of nitrogens with zero attached hydrogens (tertiary/aromatic N) is 6. The first-order valence-electron chi connectivity index (χ1n) is 12.0. The fourth-order valence-electron chi connectivity index (χ4n) is 4.62. The van der Waals surface area contributed by atoms with Crippen LogP contribution in [0.1, 0.15) is 30.0 Å². The number of hydrogen-bond donors (Lipinski definition) is 3. The molecule has 180 valence electrons. The lowest BCUT2D eigenvalue weighted by Gasteiger charge is -2.18. The van der Waals surface area contributed by atoms with E-state index in [1.807, 2.05) is 40.9 Å². The second-order valence-corrected chi connectivity index (χ2v) is 9.16. The van der Waals surface area contributed by atoms with Crippen LogP contribution in [0.4, 0.5) is 17.5 Å². The molecule has 3 N–H and O–H groups in total. The lowest BCUT2D eigenvalue weighted by atomic mass is 10.0. The highest BCUT2D eigenvalue weighted by molar-refractivity contribution is 5.77. The van der Waals surface area contributed by atoms with Crippen LogP contribution >= 0.6 is 0 Å². The molecule has 0 atom stereocenters. The Kier molecular flexibility index (Phi) is 5.46. The average molecular weight is 473 g/mol. The second kappa shape index (κ2) is 8.79. The number of aromatic nitrogens is 5. The number of fused-ring (bicyclic) bond motifs is 2. The molecule has 0 spiro atoms. The maximum atomic E-state index is 13.3. The molecule has 0 unspecified atom stereocenters. The summed E-state index contributed by atoms with van der Waals surface area (Å²) in [5, 5.41) is 16.5. The average Bonchev–Trinajstić information content (AvgIpc) is 3.68. The van der Waals surface area contributed by atoms with Gasteiger partial charge in [-0.2, -0.15) is 4.98 Å². The number of anilines is 3. The summed E-state index contributed by atoms with van der Waals surface area (Å²) in [6, 6.07) is 12.1. The minimum atomic E-state index is -0.105. The third kappa shape index (κ3) is 4.04. The van der Waals surface area contributed by atoms with Crippen LogP contribution in [-0.2, 0) is 13.0 Å². The molecule has 6 rings (SSSR count). The van der Waals surface area contributed by atoms with Crippen molar-refractivity contribution in [1.29, 1.82) is 0 Å².